The van der Waals surface area contributed by atoms with Crippen molar-refractivity contribution < 1.29 is 9.53 Å². The molecule has 14 heavy (non-hydrogen) atoms. The van der Waals surface area contributed by atoms with E-state index in [-0.39, 0.29) is 5.91 Å². The van der Waals surface area contributed by atoms with Crippen LogP contribution in [-0.2, 0) is 9.53 Å². The minimum atomic E-state index is 0.0860. The number of hydrogen-bond acceptors (Lipinski definition) is 2. The van der Waals surface area contributed by atoms with Crippen molar-refractivity contribution in [1.29, 1.82) is 0 Å². The molecule has 82 valence electrons. The largest absolute Gasteiger partial charge is 0.378 e. The Hall–Kier alpha value is -0.570. The van der Waals surface area contributed by atoms with Crippen LogP contribution in [0.1, 0.15) is 46.0 Å². The highest BCUT2D eigenvalue weighted by molar-refractivity contribution is 5.73. The Balaban J connectivity index is 2.14. The van der Waals surface area contributed by atoms with E-state index < -0.39 is 0 Å². The van der Waals surface area contributed by atoms with Crippen LogP contribution in [0.4, 0.5) is 0 Å². The summed E-state index contributed by atoms with van der Waals surface area (Å²) in [4.78, 5) is 10.8. The first-order chi connectivity index (χ1) is 6.72. The lowest BCUT2D eigenvalue weighted by atomic mass is 9.93. The number of carbonyl (C=O) groups is 1. The van der Waals surface area contributed by atoms with Gasteiger partial charge in [-0.05, 0) is 32.1 Å². The molecule has 0 atom stereocenters. The van der Waals surface area contributed by atoms with Crippen molar-refractivity contribution in [2.24, 2.45) is 0 Å². The summed E-state index contributed by atoms with van der Waals surface area (Å²) in [6.07, 6.45) is 5.82. The summed E-state index contributed by atoms with van der Waals surface area (Å²) in [6.45, 7) is 4.58. The molecular formula is C11H21NO2. The second-order valence-corrected chi connectivity index (χ2v) is 4.04. The van der Waals surface area contributed by atoms with E-state index in [0.29, 0.717) is 12.1 Å². The molecule has 0 spiro atoms. The SMILES string of the molecule is CCCOC1CCC(NC(C)=O)CC1. The van der Waals surface area contributed by atoms with Gasteiger partial charge < -0.3 is 10.1 Å². The van der Waals surface area contributed by atoms with Crippen molar-refractivity contribution in [3.8, 4) is 0 Å². The highest BCUT2D eigenvalue weighted by Gasteiger charge is 2.21. The first-order valence-electron chi connectivity index (χ1n) is 5.61. The summed E-state index contributed by atoms with van der Waals surface area (Å²) in [5.74, 6) is 0.0860. The van der Waals surface area contributed by atoms with E-state index in [1.807, 2.05) is 0 Å². The third-order valence-electron chi connectivity index (χ3n) is 2.64. The van der Waals surface area contributed by atoms with Gasteiger partial charge in [-0.2, -0.15) is 0 Å². The minimum absolute atomic E-state index is 0.0860. The summed E-state index contributed by atoms with van der Waals surface area (Å²) in [7, 11) is 0. The van der Waals surface area contributed by atoms with Crippen molar-refractivity contribution in [2.45, 2.75) is 58.1 Å². The van der Waals surface area contributed by atoms with Crippen LogP contribution in [0.15, 0.2) is 0 Å². The maximum atomic E-state index is 10.8. The normalized spacial score (nSPS) is 27.3. The second kappa shape index (κ2) is 6.02. The number of ether oxygens (including phenoxy) is 1. The quantitative estimate of drug-likeness (QED) is 0.750. The lowest BCUT2D eigenvalue weighted by Gasteiger charge is -2.28. The second-order valence-electron chi connectivity index (χ2n) is 4.04. The zero-order valence-corrected chi connectivity index (χ0v) is 9.21. The highest BCUT2D eigenvalue weighted by atomic mass is 16.5. The van der Waals surface area contributed by atoms with Gasteiger partial charge in [0.15, 0.2) is 0 Å². The van der Waals surface area contributed by atoms with Crippen LogP contribution in [0.25, 0.3) is 0 Å². The Morgan fingerprint density at radius 1 is 1.36 bits per heavy atom. The van der Waals surface area contributed by atoms with Crippen LogP contribution in [0, 0.1) is 0 Å². The van der Waals surface area contributed by atoms with Gasteiger partial charge in [0.05, 0.1) is 6.10 Å². The molecule has 0 radical (unpaired) electrons. The van der Waals surface area contributed by atoms with E-state index in [9.17, 15) is 4.79 Å². The Morgan fingerprint density at radius 3 is 2.50 bits per heavy atom. The first kappa shape index (κ1) is 11.5. The van der Waals surface area contributed by atoms with Crippen LogP contribution in [0.2, 0.25) is 0 Å². The molecule has 3 nitrogen and oxygen atoms in total. The summed E-state index contributed by atoms with van der Waals surface area (Å²) in [6, 6.07) is 0.383. The van der Waals surface area contributed by atoms with Gasteiger partial charge in [-0.3, -0.25) is 4.79 Å². The monoisotopic (exact) mass is 199 g/mol. The Kier molecular flexibility index (Phi) is 4.94. The lowest BCUT2D eigenvalue weighted by Crippen LogP contribution is -2.37. The lowest BCUT2D eigenvalue weighted by molar-refractivity contribution is -0.120. The third-order valence-corrected chi connectivity index (χ3v) is 2.64. The predicted molar refractivity (Wildman–Crippen MR) is 56.1 cm³/mol. The molecule has 1 fully saturated rings. The Labute approximate surface area is 86.2 Å². The molecule has 0 aliphatic heterocycles. The van der Waals surface area contributed by atoms with Crippen LogP contribution in [-0.4, -0.2) is 24.7 Å². The molecule has 1 aliphatic carbocycles. The molecule has 0 aromatic rings. The number of carbonyl (C=O) groups excluding carboxylic acids is 1. The van der Waals surface area contributed by atoms with Crippen molar-refractivity contribution >= 4 is 5.91 Å². The average Bonchev–Trinajstić information content (AvgIpc) is 2.16. The van der Waals surface area contributed by atoms with Gasteiger partial charge in [0.1, 0.15) is 0 Å². The molecule has 1 N–H and O–H groups in total. The summed E-state index contributed by atoms with van der Waals surface area (Å²) in [5.41, 5.74) is 0. The van der Waals surface area contributed by atoms with Crippen LogP contribution < -0.4 is 5.32 Å². The fraction of sp³-hybridized carbons (Fsp3) is 0.909. The standard InChI is InChI=1S/C11H21NO2/c1-3-8-14-11-6-4-10(5-7-11)12-9(2)13/h10-11H,3-8H2,1-2H3,(H,12,13). The molecule has 0 bridgehead atoms. The van der Waals surface area contributed by atoms with Gasteiger partial charge in [0, 0.05) is 19.6 Å². The number of hydrogen-bond donors (Lipinski definition) is 1. The minimum Gasteiger partial charge on any atom is -0.378 e. The van der Waals surface area contributed by atoms with Gasteiger partial charge in [-0.25, -0.2) is 0 Å². The molecule has 0 heterocycles. The average molecular weight is 199 g/mol. The smallest absolute Gasteiger partial charge is 0.217 e. The first-order valence-corrected chi connectivity index (χ1v) is 5.61. The van der Waals surface area contributed by atoms with E-state index in [2.05, 4.69) is 12.2 Å². The zero-order chi connectivity index (χ0) is 10.4. The predicted octanol–water partition coefficient (Wildman–Crippen LogP) is 1.86. The van der Waals surface area contributed by atoms with Gasteiger partial charge in [-0.1, -0.05) is 6.92 Å². The van der Waals surface area contributed by atoms with Crippen molar-refractivity contribution in [1.82, 2.24) is 5.32 Å². The fourth-order valence-electron chi connectivity index (χ4n) is 1.95. The molecule has 1 saturated carbocycles. The van der Waals surface area contributed by atoms with E-state index >= 15 is 0 Å². The molecule has 0 aromatic heterocycles. The molecule has 0 aromatic carbocycles. The molecule has 1 aliphatic rings. The fourth-order valence-corrected chi connectivity index (χ4v) is 1.95. The Bertz CT molecular complexity index is 174. The summed E-state index contributed by atoms with van der Waals surface area (Å²) < 4.78 is 5.67. The van der Waals surface area contributed by atoms with Crippen molar-refractivity contribution in [3.63, 3.8) is 0 Å². The highest BCUT2D eigenvalue weighted by Crippen LogP contribution is 2.21. The molecule has 0 saturated heterocycles. The van der Waals surface area contributed by atoms with Crippen LogP contribution in [0.3, 0.4) is 0 Å². The molecule has 0 unspecified atom stereocenters. The van der Waals surface area contributed by atoms with Gasteiger partial charge in [0.2, 0.25) is 5.91 Å². The molecular weight excluding hydrogens is 178 g/mol. The van der Waals surface area contributed by atoms with E-state index in [0.717, 1.165) is 38.7 Å². The van der Waals surface area contributed by atoms with E-state index in [4.69, 9.17) is 4.74 Å². The number of rotatable bonds is 4. The van der Waals surface area contributed by atoms with E-state index in [1.54, 1.807) is 6.92 Å². The molecule has 3 heteroatoms. The number of nitrogens with one attached hydrogen (secondary N) is 1. The number of amides is 1. The van der Waals surface area contributed by atoms with Gasteiger partial charge >= 0.3 is 0 Å². The van der Waals surface area contributed by atoms with Gasteiger partial charge in [-0.15, -0.1) is 0 Å². The van der Waals surface area contributed by atoms with Gasteiger partial charge in [0.25, 0.3) is 0 Å². The van der Waals surface area contributed by atoms with Crippen molar-refractivity contribution in [2.75, 3.05) is 6.61 Å². The zero-order valence-electron chi connectivity index (χ0n) is 9.21. The molecule has 1 amide bonds. The molecule has 1 rings (SSSR count). The summed E-state index contributed by atoms with van der Waals surface area (Å²) >= 11 is 0. The third kappa shape index (κ3) is 4.09. The topological polar surface area (TPSA) is 38.3 Å². The Morgan fingerprint density at radius 2 is 2.00 bits per heavy atom. The maximum absolute atomic E-state index is 10.8. The summed E-state index contributed by atoms with van der Waals surface area (Å²) in [5, 5.41) is 2.96. The van der Waals surface area contributed by atoms with Crippen LogP contribution in [0.5, 0.6) is 0 Å². The maximum Gasteiger partial charge on any atom is 0.217 e. The van der Waals surface area contributed by atoms with Crippen LogP contribution >= 0.6 is 0 Å². The van der Waals surface area contributed by atoms with E-state index in [1.165, 1.54) is 0 Å². The van der Waals surface area contributed by atoms with Crippen molar-refractivity contribution in [3.05, 3.63) is 0 Å².